The maximum atomic E-state index is 12.5. The van der Waals surface area contributed by atoms with Crippen molar-refractivity contribution in [1.82, 2.24) is 4.90 Å². The van der Waals surface area contributed by atoms with E-state index >= 15 is 0 Å². The quantitative estimate of drug-likeness (QED) is 0.346. The highest BCUT2D eigenvalue weighted by Crippen LogP contribution is 2.30. The molecule has 1 aliphatic heterocycles. The summed E-state index contributed by atoms with van der Waals surface area (Å²) in [6.07, 6.45) is 0. The molecule has 0 aliphatic carbocycles. The SMILES string of the molecule is Cc1c(OCC(=O)Nc2ccc(CN3CCOCC3)cc2)ccc2c1oc(=O)c1ccccc12. The number of carbonyl (C=O) groups excluding carboxylic acids is 1. The number of nitrogens with zero attached hydrogens (tertiary/aromatic N) is 1. The summed E-state index contributed by atoms with van der Waals surface area (Å²) < 4.78 is 16.7. The van der Waals surface area contributed by atoms with Crippen molar-refractivity contribution in [3.05, 3.63) is 82.2 Å². The Morgan fingerprint density at radius 1 is 0.971 bits per heavy atom. The average molecular weight is 459 g/mol. The maximum absolute atomic E-state index is 12.5. The van der Waals surface area contributed by atoms with Gasteiger partial charge in [-0.15, -0.1) is 0 Å². The molecule has 4 aromatic rings. The summed E-state index contributed by atoms with van der Waals surface area (Å²) in [5.41, 5.74) is 2.67. The summed E-state index contributed by atoms with van der Waals surface area (Å²) in [5.74, 6) is 0.238. The predicted octanol–water partition coefficient (Wildman–Crippen LogP) is 4.10. The Balaban J connectivity index is 1.23. The van der Waals surface area contributed by atoms with E-state index in [9.17, 15) is 9.59 Å². The molecule has 2 heterocycles. The minimum Gasteiger partial charge on any atom is -0.483 e. The van der Waals surface area contributed by atoms with Crippen LogP contribution in [-0.4, -0.2) is 43.7 Å². The van der Waals surface area contributed by atoms with Crippen molar-refractivity contribution in [2.45, 2.75) is 13.5 Å². The van der Waals surface area contributed by atoms with Gasteiger partial charge in [-0.2, -0.15) is 0 Å². The molecule has 0 bridgehead atoms. The Kier molecular flexibility index (Phi) is 6.29. The van der Waals surface area contributed by atoms with Crippen molar-refractivity contribution in [3.63, 3.8) is 0 Å². The van der Waals surface area contributed by atoms with E-state index in [1.54, 1.807) is 12.1 Å². The van der Waals surface area contributed by atoms with Crippen LogP contribution < -0.4 is 15.7 Å². The van der Waals surface area contributed by atoms with Crippen LogP contribution in [0.2, 0.25) is 0 Å². The third kappa shape index (κ3) is 4.66. The fraction of sp³-hybridized carbons (Fsp3) is 0.259. The number of carbonyl (C=O) groups is 1. The number of rotatable bonds is 6. The number of benzene rings is 3. The topological polar surface area (TPSA) is 81.0 Å². The van der Waals surface area contributed by atoms with Crippen LogP contribution in [0.5, 0.6) is 5.75 Å². The van der Waals surface area contributed by atoms with E-state index in [2.05, 4.69) is 10.2 Å². The van der Waals surface area contributed by atoms with Crippen LogP contribution in [0.25, 0.3) is 21.7 Å². The molecule has 1 aromatic heterocycles. The first-order valence-corrected chi connectivity index (χ1v) is 11.4. The van der Waals surface area contributed by atoms with Crippen molar-refractivity contribution >= 4 is 33.3 Å². The van der Waals surface area contributed by atoms with Crippen LogP contribution in [-0.2, 0) is 16.1 Å². The van der Waals surface area contributed by atoms with Crippen molar-refractivity contribution in [3.8, 4) is 5.75 Å². The summed E-state index contributed by atoms with van der Waals surface area (Å²) in [4.78, 5) is 27.2. The fourth-order valence-electron chi connectivity index (χ4n) is 4.27. The number of anilines is 1. The standard InChI is InChI=1S/C27H26N2O5/c1-18-24(11-10-22-21-4-2-3-5-23(21)27(31)34-26(18)22)33-17-25(30)28-20-8-6-19(7-9-20)16-29-12-14-32-15-13-29/h2-11H,12-17H2,1H3,(H,28,30). The second-order valence-electron chi connectivity index (χ2n) is 8.42. The number of fused-ring (bicyclic) bond motifs is 3. The fourth-order valence-corrected chi connectivity index (χ4v) is 4.27. The highest BCUT2D eigenvalue weighted by Gasteiger charge is 2.14. The van der Waals surface area contributed by atoms with E-state index in [1.807, 2.05) is 55.5 Å². The molecule has 1 aliphatic rings. The van der Waals surface area contributed by atoms with E-state index in [1.165, 1.54) is 5.56 Å². The lowest BCUT2D eigenvalue weighted by molar-refractivity contribution is -0.118. The summed E-state index contributed by atoms with van der Waals surface area (Å²) in [6.45, 7) is 5.95. The van der Waals surface area contributed by atoms with Crippen LogP contribution in [0.4, 0.5) is 5.69 Å². The molecule has 1 fully saturated rings. The summed E-state index contributed by atoms with van der Waals surface area (Å²) >= 11 is 0. The molecule has 1 amide bonds. The minimum absolute atomic E-state index is 0.153. The number of aryl methyl sites for hydroxylation is 1. The molecule has 0 atom stereocenters. The maximum Gasteiger partial charge on any atom is 0.344 e. The van der Waals surface area contributed by atoms with Crippen molar-refractivity contribution in [1.29, 1.82) is 0 Å². The number of morpholine rings is 1. The van der Waals surface area contributed by atoms with Gasteiger partial charge < -0.3 is 19.2 Å². The van der Waals surface area contributed by atoms with Gasteiger partial charge in [-0.3, -0.25) is 9.69 Å². The molecule has 1 saturated heterocycles. The monoisotopic (exact) mass is 458 g/mol. The molecule has 34 heavy (non-hydrogen) atoms. The number of ether oxygens (including phenoxy) is 2. The lowest BCUT2D eigenvalue weighted by Crippen LogP contribution is -2.35. The van der Waals surface area contributed by atoms with Gasteiger partial charge in [0.1, 0.15) is 11.3 Å². The molecule has 174 valence electrons. The second-order valence-corrected chi connectivity index (χ2v) is 8.42. The zero-order chi connectivity index (χ0) is 23.5. The predicted molar refractivity (Wildman–Crippen MR) is 131 cm³/mol. The van der Waals surface area contributed by atoms with E-state index in [0.717, 1.165) is 43.6 Å². The van der Waals surface area contributed by atoms with Crippen LogP contribution in [0, 0.1) is 6.92 Å². The Labute approximate surface area is 196 Å². The second kappa shape index (κ2) is 9.67. The normalized spacial score (nSPS) is 14.4. The zero-order valence-electron chi connectivity index (χ0n) is 19.0. The highest BCUT2D eigenvalue weighted by atomic mass is 16.5. The molecule has 0 saturated carbocycles. The largest absolute Gasteiger partial charge is 0.483 e. The molecule has 7 heteroatoms. The highest BCUT2D eigenvalue weighted by molar-refractivity contribution is 6.05. The third-order valence-corrected chi connectivity index (χ3v) is 6.09. The Hall–Kier alpha value is -3.68. The van der Waals surface area contributed by atoms with Gasteiger partial charge >= 0.3 is 5.63 Å². The molecule has 7 nitrogen and oxygen atoms in total. The number of nitrogens with one attached hydrogen (secondary N) is 1. The molecule has 1 N–H and O–H groups in total. The van der Waals surface area contributed by atoms with Gasteiger partial charge in [-0.25, -0.2) is 4.79 Å². The van der Waals surface area contributed by atoms with Crippen LogP contribution in [0.1, 0.15) is 11.1 Å². The first-order valence-electron chi connectivity index (χ1n) is 11.4. The molecular weight excluding hydrogens is 432 g/mol. The molecule has 0 spiro atoms. The molecule has 3 aromatic carbocycles. The third-order valence-electron chi connectivity index (χ3n) is 6.09. The lowest BCUT2D eigenvalue weighted by atomic mass is 10.0. The minimum atomic E-state index is -0.391. The van der Waals surface area contributed by atoms with Gasteiger partial charge in [0.15, 0.2) is 6.61 Å². The van der Waals surface area contributed by atoms with E-state index in [-0.39, 0.29) is 12.5 Å². The summed E-state index contributed by atoms with van der Waals surface area (Å²) in [5, 5.41) is 5.07. The van der Waals surface area contributed by atoms with E-state index in [0.29, 0.717) is 28.0 Å². The van der Waals surface area contributed by atoms with Gasteiger partial charge in [0, 0.05) is 36.3 Å². The smallest absolute Gasteiger partial charge is 0.344 e. The number of hydrogen-bond acceptors (Lipinski definition) is 6. The van der Waals surface area contributed by atoms with Crippen molar-refractivity contribution in [2.75, 3.05) is 38.2 Å². The van der Waals surface area contributed by atoms with Gasteiger partial charge in [0.2, 0.25) is 0 Å². The van der Waals surface area contributed by atoms with Crippen LogP contribution >= 0.6 is 0 Å². The molecule has 0 unspecified atom stereocenters. The Bertz CT molecular complexity index is 1390. The lowest BCUT2D eigenvalue weighted by Gasteiger charge is -2.26. The van der Waals surface area contributed by atoms with Gasteiger partial charge in [-0.05, 0) is 48.2 Å². The molecule has 0 radical (unpaired) electrons. The summed E-state index contributed by atoms with van der Waals surface area (Å²) in [6, 6.07) is 18.8. The Morgan fingerprint density at radius 2 is 1.71 bits per heavy atom. The first kappa shape index (κ1) is 22.1. The first-order chi connectivity index (χ1) is 16.6. The van der Waals surface area contributed by atoms with Crippen molar-refractivity contribution in [2.24, 2.45) is 0 Å². The van der Waals surface area contributed by atoms with Gasteiger partial charge in [0.25, 0.3) is 5.91 Å². The molecule has 5 rings (SSSR count). The zero-order valence-corrected chi connectivity index (χ0v) is 19.0. The van der Waals surface area contributed by atoms with Gasteiger partial charge in [-0.1, -0.05) is 30.3 Å². The average Bonchev–Trinajstić information content (AvgIpc) is 2.86. The molecular formula is C27H26N2O5. The van der Waals surface area contributed by atoms with E-state index < -0.39 is 5.63 Å². The van der Waals surface area contributed by atoms with Gasteiger partial charge in [0.05, 0.1) is 18.6 Å². The summed E-state index contributed by atoms with van der Waals surface area (Å²) in [7, 11) is 0. The number of hydrogen-bond donors (Lipinski definition) is 1. The van der Waals surface area contributed by atoms with Crippen molar-refractivity contribution < 1.29 is 18.7 Å². The van der Waals surface area contributed by atoms with Crippen LogP contribution in [0.15, 0.2) is 69.9 Å². The Morgan fingerprint density at radius 3 is 2.47 bits per heavy atom. The number of amides is 1. The van der Waals surface area contributed by atoms with Crippen LogP contribution in [0.3, 0.4) is 0 Å². The van der Waals surface area contributed by atoms with E-state index in [4.69, 9.17) is 13.9 Å².